The Hall–Kier alpha value is -2.53. The molecule has 3 N–H and O–H groups in total. The predicted molar refractivity (Wildman–Crippen MR) is 110 cm³/mol. The lowest BCUT2D eigenvalue weighted by atomic mass is 10.0. The number of carbonyl (C=O) groups is 1. The van der Waals surface area contributed by atoms with Crippen molar-refractivity contribution in [2.75, 3.05) is 20.7 Å². The van der Waals surface area contributed by atoms with Crippen LogP contribution >= 0.6 is 0 Å². The van der Waals surface area contributed by atoms with E-state index in [9.17, 15) is 17.6 Å². The second-order valence-corrected chi connectivity index (χ2v) is 9.19. The Kier molecular flexibility index (Phi) is 6.71. The van der Waals surface area contributed by atoms with Crippen molar-refractivity contribution in [1.29, 1.82) is 0 Å². The standard InChI is InChI=1S/C20H25FN4O4S/c1-13-9-16(7-8-18(13)29-3)30(27,28)25(2)12-20(26)22-19-11-17(23-24-19)14-5-4-6-15(21)10-14/h4-10,17,19,23-24H,11-12H2,1-3H3,(H,22,26). The molecule has 2 aromatic rings. The van der Waals surface area contributed by atoms with Crippen molar-refractivity contribution < 1.29 is 22.3 Å². The van der Waals surface area contributed by atoms with Crippen LogP contribution in [0.3, 0.4) is 0 Å². The molecule has 1 aliphatic rings. The normalized spacial score (nSPS) is 19.1. The molecule has 0 saturated carbocycles. The van der Waals surface area contributed by atoms with Gasteiger partial charge in [0.25, 0.3) is 0 Å². The molecule has 0 radical (unpaired) electrons. The first-order chi connectivity index (χ1) is 14.2. The van der Waals surface area contributed by atoms with Crippen LogP contribution in [0.5, 0.6) is 5.75 Å². The van der Waals surface area contributed by atoms with Crippen molar-refractivity contribution in [2.45, 2.75) is 30.4 Å². The van der Waals surface area contributed by atoms with E-state index in [2.05, 4.69) is 16.2 Å². The summed E-state index contributed by atoms with van der Waals surface area (Å²) in [5, 5.41) is 2.74. The molecular formula is C20H25FN4O4S. The molecular weight excluding hydrogens is 411 g/mol. The molecule has 2 unspecified atom stereocenters. The molecule has 1 fully saturated rings. The van der Waals surface area contributed by atoms with E-state index < -0.39 is 22.1 Å². The summed E-state index contributed by atoms with van der Waals surface area (Å²) in [7, 11) is -0.971. The van der Waals surface area contributed by atoms with Crippen molar-refractivity contribution in [3.05, 3.63) is 59.4 Å². The van der Waals surface area contributed by atoms with Crippen LogP contribution in [0.15, 0.2) is 47.4 Å². The lowest BCUT2D eigenvalue weighted by Gasteiger charge is -2.19. The zero-order valence-electron chi connectivity index (χ0n) is 17.0. The number of hydrogen-bond donors (Lipinski definition) is 3. The van der Waals surface area contributed by atoms with Gasteiger partial charge in [0, 0.05) is 19.5 Å². The number of hydrogen-bond acceptors (Lipinski definition) is 6. The maximum absolute atomic E-state index is 13.4. The van der Waals surface area contributed by atoms with Crippen LogP contribution in [0.1, 0.15) is 23.6 Å². The number of benzene rings is 2. The smallest absolute Gasteiger partial charge is 0.243 e. The topological polar surface area (TPSA) is 99.8 Å². The highest BCUT2D eigenvalue weighted by Gasteiger charge is 2.28. The average Bonchev–Trinajstić information content (AvgIpc) is 3.16. The van der Waals surface area contributed by atoms with Crippen LogP contribution in [0.25, 0.3) is 0 Å². The van der Waals surface area contributed by atoms with Crippen LogP contribution in [-0.2, 0) is 14.8 Å². The molecule has 2 aromatic carbocycles. The molecule has 1 saturated heterocycles. The number of methoxy groups -OCH3 is 1. The summed E-state index contributed by atoms with van der Waals surface area (Å²) in [6.07, 6.45) is 0.0775. The summed E-state index contributed by atoms with van der Waals surface area (Å²) >= 11 is 0. The van der Waals surface area contributed by atoms with E-state index in [0.29, 0.717) is 17.7 Å². The predicted octanol–water partition coefficient (Wildman–Crippen LogP) is 1.44. The van der Waals surface area contributed by atoms with Gasteiger partial charge in [0.05, 0.1) is 24.7 Å². The molecule has 162 valence electrons. The van der Waals surface area contributed by atoms with E-state index in [1.54, 1.807) is 25.1 Å². The summed E-state index contributed by atoms with van der Waals surface area (Å²) in [6, 6.07) is 10.6. The summed E-state index contributed by atoms with van der Waals surface area (Å²) in [5.74, 6) is -0.199. The zero-order valence-corrected chi connectivity index (χ0v) is 17.8. The number of rotatable bonds is 7. The Balaban J connectivity index is 1.58. The number of amides is 1. The molecule has 1 amide bonds. The van der Waals surface area contributed by atoms with Gasteiger partial charge in [-0.15, -0.1) is 0 Å². The van der Waals surface area contributed by atoms with E-state index in [-0.39, 0.29) is 23.3 Å². The third kappa shape index (κ3) is 4.96. The van der Waals surface area contributed by atoms with Crippen LogP contribution in [0.4, 0.5) is 4.39 Å². The molecule has 0 aromatic heterocycles. The Labute approximate surface area is 175 Å². The number of likely N-dealkylation sites (N-methyl/N-ethyl adjacent to an activating group) is 1. The first-order valence-corrected chi connectivity index (χ1v) is 10.8. The first kappa shape index (κ1) is 22.2. The number of carbonyl (C=O) groups excluding carboxylic acids is 1. The van der Waals surface area contributed by atoms with E-state index in [1.165, 1.54) is 38.4 Å². The fraction of sp³-hybridized carbons (Fsp3) is 0.350. The highest BCUT2D eigenvalue weighted by atomic mass is 32.2. The van der Waals surface area contributed by atoms with E-state index in [0.717, 1.165) is 9.87 Å². The third-order valence-electron chi connectivity index (χ3n) is 4.93. The Bertz CT molecular complexity index is 1030. The van der Waals surface area contributed by atoms with E-state index in [1.807, 2.05) is 0 Å². The Morgan fingerprint density at radius 1 is 1.27 bits per heavy atom. The van der Waals surface area contributed by atoms with Gasteiger partial charge < -0.3 is 10.1 Å². The van der Waals surface area contributed by atoms with Gasteiger partial charge in [-0.05, 0) is 48.4 Å². The molecule has 0 aliphatic carbocycles. The number of ether oxygens (including phenoxy) is 1. The zero-order chi connectivity index (χ0) is 21.9. The van der Waals surface area contributed by atoms with Gasteiger partial charge in [0.1, 0.15) is 11.6 Å². The van der Waals surface area contributed by atoms with Crippen LogP contribution in [-0.4, -0.2) is 45.5 Å². The van der Waals surface area contributed by atoms with Gasteiger partial charge in [-0.3, -0.25) is 4.79 Å². The minimum absolute atomic E-state index is 0.0860. The molecule has 1 aliphatic heterocycles. The number of nitrogens with zero attached hydrogens (tertiary/aromatic N) is 1. The molecule has 2 atom stereocenters. The summed E-state index contributed by atoms with van der Waals surface area (Å²) in [5.41, 5.74) is 7.38. The van der Waals surface area contributed by atoms with Crippen molar-refractivity contribution in [2.24, 2.45) is 0 Å². The summed E-state index contributed by atoms with van der Waals surface area (Å²) in [6.45, 7) is 1.41. The van der Waals surface area contributed by atoms with Crippen molar-refractivity contribution in [1.82, 2.24) is 20.5 Å². The number of sulfonamides is 1. The number of halogens is 1. The van der Waals surface area contributed by atoms with Crippen molar-refractivity contribution in [3.63, 3.8) is 0 Å². The monoisotopic (exact) mass is 436 g/mol. The first-order valence-electron chi connectivity index (χ1n) is 9.37. The molecule has 3 rings (SSSR count). The quantitative estimate of drug-likeness (QED) is 0.608. The second-order valence-electron chi connectivity index (χ2n) is 7.14. The SMILES string of the molecule is COc1ccc(S(=O)(=O)N(C)CC(=O)NC2CC(c3cccc(F)c3)NN2)cc1C. The maximum atomic E-state index is 13.4. The van der Waals surface area contributed by atoms with Gasteiger partial charge in [-0.2, -0.15) is 4.31 Å². The van der Waals surface area contributed by atoms with Crippen molar-refractivity contribution >= 4 is 15.9 Å². The largest absolute Gasteiger partial charge is 0.496 e. The fourth-order valence-electron chi connectivity index (χ4n) is 3.31. The van der Waals surface area contributed by atoms with E-state index >= 15 is 0 Å². The minimum Gasteiger partial charge on any atom is -0.496 e. The van der Waals surface area contributed by atoms with Gasteiger partial charge in [0.2, 0.25) is 15.9 Å². The lowest BCUT2D eigenvalue weighted by Crippen LogP contribution is -2.48. The highest BCUT2D eigenvalue weighted by molar-refractivity contribution is 7.89. The molecule has 30 heavy (non-hydrogen) atoms. The molecule has 10 heteroatoms. The van der Waals surface area contributed by atoms with Crippen LogP contribution in [0, 0.1) is 12.7 Å². The Morgan fingerprint density at radius 3 is 2.70 bits per heavy atom. The number of hydrazine groups is 1. The van der Waals surface area contributed by atoms with Crippen LogP contribution in [0.2, 0.25) is 0 Å². The lowest BCUT2D eigenvalue weighted by molar-refractivity contribution is -0.121. The minimum atomic E-state index is -3.83. The maximum Gasteiger partial charge on any atom is 0.243 e. The van der Waals surface area contributed by atoms with Gasteiger partial charge >= 0.3 is 0 Å². The van der Waals surface area contributed by atoms with Gasteiger partial charge in [0.15, 0.2) is 0 Å². The second kappa shape index (κ2) is 9.09. The van der Waals surface area contributed by atoms with E-state index in [4.69, 9.17) is 4.74 Å². The summed E-state index contributed by atoms with van der Waals surface area (Å²) in [4.78, 5) is 12.5. The van der Waals surface area contributed by atoms with Gasteiger partial charge in [-0.25, -0.2) is 23.7 Å². The van der Waals surface area contributed by atoms with Crippen molar-refractivity contribution in [3.8, 4) is 5.75 Å². The Morgan fingerprint density at radius 2 is 2.03 bits per heavy atom. The number of aryl methyl sites for hydroxylation is 1. The molecule has 0 bridgehead atoms. The highest BCUT2D eigenvalue weighted by Crippen LogP contribution is 2.24. The van der Waals surface area contributed by atoms with Crippen LogP contribution < -0.4 is 20.9 Å². The number of nitrogens with one attached hydrogen (secondary N) is 3. The fourth-order valence-corrected chi connectivity index (χ4v) is 4.52. The summed E-state index contributed by atoms with van der Waals surface area (Å²) < 4.78 is 45.1. The molecule has 1 heterocycles. The third-order valence-corrected chi connectivity index (χ3v) is 6.73. The molecule has 8 nitrogen and oxygen atoms in total. The average molecular weight is 437 g/mol. The van der Waals surface area contributed by atoms with Gasteiger partial charge in [-0.1, -0.05) is 12.1 Å². The molecule has 0 spiro atoms.